The second-order valence-corrected chi connectivity index (χ2v) is 11.1. The molecule has 4 N–H and O–H groups in total. The van der Waals surface area contributed by atoms with Crippen molar-refractivity contribution < 1.29 is 32.6 Å². The molecule has 2 aromatic carbocycles. The van der Waals surface area contributed by atoms with Gasteiger partial charge in [0.1, 0.15) is 17.2 Å². The van der Waals surface area contributed by atoms with Gasteiger partial charge in [-0.25, -0.2) is 4.98 Å². The molecule has 0 saturated carbocycles. The Bertz CT molecular complexity index is 1400. The molecule has 0 radical (unpaired) electrons. The number of rotatable bonds is 13. The molecule has 0 aliphatic carbocycles. The number of hydrogen-bond acceptors (Lipinski definition) is 6. The molecule has 0 aliphatic heterocycles. The normalized spacial score (nSPS) is 13.3. The van der Waals surface area contributed by atoms with Crippen molar-refractivity contribution in [2.24, 2.45) is 0 Å². The molecule has 43 heavy (non-hydrogen) atoms. The van der Waals surface area contributed by atoms with Crippen molar-refractivity contribution >= 4 is 23.4 Å². The fourth-order valence-electron chi connectivity index (χ4n) is 4.28. The maximum atomic E-state index is 13.1. The highest BCUT2D eigenvalue weighted by Gasteiger charge is 2.38. The van der Waals surface area contributed by atoms with Crippen molar-refractivity contribution in [2.45, 2.75) is 64.6 Å². The third kappa shape index (κ3) is 9.44. The number of nitrogens with zero attached hydrogens (tertiary/aromatic N) is 2. The van der Waals surface area contributed by atoms with E-state index in [1.165, 1.54) is 18.2 Å². The summed E-state index contributed by atoms with van der Waals surface area (Å²) in [5.41, 5.74) is 1.45. The molecule has 13 heteroatoms. The predicted octanol–water partition coefficient (Wildman–Crippen LogP) is 4.46. The molecule has 9 nitrogen and oxygen atoms in total. The molecule has 3 rings (SSSR count). The topological polar surface area (TPSA) is 118 Å². The van der Waals surface area contributed by atoms with E-state index in [2.05, 4.69) is 20.9 Å². The van der Waals surface area contributed by atoms with E-state index in [0.717, 1.165) is 18.1 Å². The van der Waals surface area contributed by atoms with Gasteiger partial charge in [-0.2, -0.15) is 13.2 Å². The second-order valence-electron chi connectivity index (χ2n) is 10.6. The van der Waals surface area contributed by atoms with Gasteiger partial charge in [-0.1, -0.05) is 35.9 Å². The van der Waals surface area contributed by atoms with Crippen LogP contribution in [0.2, 0.25) is 5.02 Å². The van der Waals surface area contributed by atoms with E-state index in [1.807, 2.05) is 42.0 Å². The first kappa shape index (κ1) is 33.9. The maximum Gasteiger partial charge on any atom is 0.425 e. The third-order valence-electron chi connectivity index (χ3n) is 6.57. The Kier molecular flexibility index (Phi) is 11.2. The minimum atomic E-state index is -4.57. The Labute approximate surface area is 253 Å². The van der Waals surface area contributed by atoms with Crippen molar-refractivity contribution in [1.82, 2.24) is 25.5 Å². The fourth-order valence-corrected chi connectivity index (χ4v) is 4.50. The first-order chi connectivity index (χ1) is 20.1. The highest BCUT2D eigenvalue weighted by atomic mass is 35.5. The van der Waals surface area contributed by atoms with Gasteiger partial charge >= 0.3 is 6.18 Å². The summed E-state index contributed by atoms with van der Waals surface area (Å²) < 4.78 is 45.4. The average molecular weight is 624 g/mol. The summed E-state index contributed by atoms with van der Waals surface area (Å²) in [5.74, 6) is -0.415. The van der Waals surface area contributed by atoms with E-state index in [1.54, 1.807) is 20.9 Å². The number of alkyl halides is 3. The van der Waals surface area contributed by atoms with Crippen LogP contribution < -0.4 is 20.7 Å². The Morgan fingerprint density at radius 3 is 2.35 bits per heavy atom. The van der Waals surface area contributed by atoms with Crippen LogP contribution >= 0.6 is 11.6 Å². The fraction of sp³-hybridized carbons (Fsp3) is 0.433. The predicted molar refractivity (Wildman–Crippen MR) is 158 cm³/mol. The molecule has 0 unspecified atom stereocenters. The summed E-state index contributed by atoms with van der Waals surface area (Å²) in [4.78, 5) is 29.8. The number of aromatic nitrogens is 2. The maximum absolute atomic E-state index is 13.1. The van der Waals surface area contributed by atoms with E-state index in [0.29, 0.717) is 24.5 Å². The second kappa shape index (κ2) is 14.2. The van der Waals surface area contributed by atoms with Crippen molar-refractivity contribution in [2.75, 3.05) is 20.1 Å². The van der Waals surface area contributed by atoms with Crippen molar-refractivity contribution in [3.63, 3.8) is 0 Å². The molecular weight excluding hydrogens is 587 g/mol. The van der Waals surface area contributed by atoms with E-state index < -0.39 is 29.8 Å². The number of aliphatic hydroxyl groups is 1. The molecule has 0 fully saturated rings. The number of ether oxygens (including phenoxy) is 1. The van der Waals surface area contributed by atoms with Gasteiger partial charge in [0.2, 0.25) is 5.91 Å². The number of aryl methyl sites for hydroxylation is 1. The number of halogens is 4. The van der Waals surface area contributed by atoms with Crippen molar-refractivity contribution in [3.8, 4) is 17.0 Å². The largest absolute Gasteiger partial charge is 0.480 e. The van der Waals surface area contributed by atoms with Crippen LogP contribution in [0.15, 0.2) is 48.7 Å². The monoisotopic (exact) mass is 623 g/mol. The highest BCUT2D eigenvalue weighted by molar-refractivity contribution is 6.32. The van der Waals surface area contributed by atoms with Crippen molar-refractivity contribution in [1.29, 1.82) is 0 Å². The summed E-state index contributed by atoms with van der Waals surface area (Å²) >= 11 is 6.13. The van der Waals surface area contributed by atoms with Crippen LogP contribution in [0.25, 0.3) is 11.3 Å². The number of carbonyl (C=O) groups excluding carboxylic acids is 2. The van der Waals surface area contributed by atoms with E-state index >= 15 is 0 Å². The van der Waals surface area contributed by atoms with Crippen LogP contribution in [0.4, 0.5) is 13.2 Å². The zero-order valence-corrected chi connectivity index (χ0v) is 25.4. The third-order valence-corrected chi connectivity index (χ3v) is 6.87. The zero-order chi connectivity index (χ0) is 31.9. The van der Waals surface area contributed by atoms with Crippen LogP contribution in [-0.2, 0) is 23.4 Å². The summed E-state index contributed by atoms with van der Waals surface area (Å²) in [6.07, 6.45) is -4.40. The molecule has 1 heterocycles. The van der Waals surface area contributed by atoms with Crippen LogP contribution in [0.1, 0.15) is 49.4 Å². The first-order valence-corrected chi connectivity index (χ1v) is 14.1. The van der Waals surface area contributed by atoms with Crippen LogP contribution in [0, 0.1) is 0 Å². The lowest BCUT2D eigenvalue weighted by Crippen LogP contribution is -2.46. The molecule has 234 valence electrons. The number of nitrogens with one attached hydrogen (secondary N) is 3. The smallest absolute Gasteiger partial charge is 0.425 e. The SMILES string of the molecule is CCn1cc(-c2ccc(C[C@@H](CNC(=O)CNC)NC(=O)c3ccc(O[C@H](C)C(F)(F)F)c(Cl)c3)cc2)nc1C(C)(C)O. The van der Waals surface area contributed by atoms with Crippen molar-refractivity contribution in [3.05, 3.63) is 70.6 Å². The highest BCUT2D eigenvalue weighted by Crippen LogP contribution is 2.31. The summed E-state index contributed by atoms with van der Waals surface area (Å²) in [5, 5.41) is 18.7. The minimum absolute atomic E-state index is 0.0970. The van der Waals surface area contributed by atoms with Crippen LogP contribution in [0.3, 0.4) is 0 Å². The number of likely N-dealkylation sites (N-methyl/N-ethyl adjacent to an activating group) is 1. The van der Waals surface area contributed by atoms with E-state index in [9.17, 15) is 27.9 Å². The van der Waals surface area contributed by atoms with Gasteiger partial charge < -0.3 is 30.4 Å². The molecule has 1 aromatic heterocycles. The zero-order valence-electron chi connectivity index (χ0n) is 24.7. The van der Waals surface area contributed by atoms with Gasteiger partial charge in [-0.3, -0.25) is 9.59 Å². The summed E-state index contributed by atoms with van der Waals surface area (Å²) in [6.45, 7) is 7.07. The van der Waals surface area contributed by atoms with Gasteiger partial charge in [0.05, 0.1) is 23.3 Å². The summed E-state index contributed by atoms with van der Waals surface area (Å²) in [6, 6.07) is 10.8. The number of amides is 2. The van der Waals surface area contributed by atoms with E-state index in [4.69, 9.17) is 16.3 Å². The van der Waals surface area contributed by atoms with Crippen LogP contribution in [0.5, 0.6) is 5.75 Å². The molecule has 0 spiro atoms. The molecule has 2 amide bonds. The molecule has 0 bridgehead atoms. The minimum Gasteiger partial charge on any atom is -0.480 e. The lowest BCUT2D eigenvalue weighted by molar-refractivity contribution is -0.189. The van der Waals surface area contributed by atoms with Gasteiger partial charge in [0.25, 0.3) is 5.91 Å². The average Bonchev–Trinajstić information content (AvgIpc) is 3.38. The Morgan fingerprint density at radius 1 is 1.14 bits per heavy atom. The van der Waals surface area contributed by atoms with Gasteiger partial charge in [0.15, 0.2) is 6.10 Å². The van der Waals surface area contributed by atoms with Gasteiger partial charge in [-0.15, -0.1) is 0 Å². The Balaban J connectivity index is 1.76. The molecule has 0 saturated heterocycles. The summed E-state index contributed by atoms with van der Waals surface area (Å²) in [7, 11) is 1.64. The standard InChI is InChI=1S/C30H37ClF3N5O4/c1-6-39-17-24(38-28(39)29(3,4)42)20-9-7-19(8-10-20)13-22(15-36-26(40)16-35-5)37-27(41)21-11-12-25(23(31)14-21)43-18(2)30(32,33)34/h7-12,14,17-18,22,35,42H,6,13,15-16H2,1-5H3,(H,36,40)(H,37,41)/t18-,22+/m1/s1. The Hall–Kier alpha value is -3.61. The van der Waals surface area contributed by atoms with Gasteiger partial charge in [-0.05, 0) is 64.9 Å². The number of hydrogen-bond donors (Lipinski definition) is 4. The number of carbonyl (C=O) groups is 2. The van der Waals surface area contributed by atoms with Gasteiger partial charge in [0, 0.05) is 30.4 Å². The molecular formula is C30H37ClF3N5O4. The lowest BCUT2D eigenvalue weighted by atomic mass is 10.0. The number of imidazole rings is 1. The molecule has 2 atom stereocenters. The Morgan fingerprint density at radius 2 is 1.81 bits per heavy atom. The quantitative estimate of drug-likeness (QED) is 0.223. The van der Waals surface area contributed by atoms with Crippen LogP contribution in [-0.4, -0.2) is 64.9 Å². The van der Waals surface area contributed by atoms with E-state index in [-0.39, 0.29) is 35.3 Å². The first-order valence-electron chi connectivity index (χ1n) is 13.8. The number of benzene rings is 2. The molecule has 0 aliphatic rings. The lowest BCUT2D eigenvalue weighted by Gasteiger charge is -2.21. The molecule has 3 aromatic rings.